The van der Waals surface area contributed by atoms with Crippen LogP contribution in [0.1, 0.15) is 0 Å². The van der Waals surface area contributed by atoms with E-state index in [1.165, 1.54) is 0 Å². The third kappa shape index (κ3) is 3.98. The Bertz CT molecular complexity index is 2800. The lowest BCUT2D eigenvalue weighted by molar-refractivity contribution is 0.623. The average molecular weight is 603 g/mol. The van der Waals surface area contributed by atoms with Gasteiger partial charge in [0, 0.05) is 44.2 Å². The Hall–Kier alpha value is -6.39. The van der Waals surface area contributed by atoms with E-state index in [2.05, 4.69) is 120 Å². The minimum atomic E-state index is 0.623. The first-order chi connectivity index (χ1) is 23.3. The Balaban J connectivity index is 1.27. The van der Waals surface area contributed by atoms with Crippen molar-refractivity contribution < 1.29 is 8.83 Å². The highest BCUT2D eigenvalue weighted by Gasteiger charge is 2.20. The van der Waals surface area contributed by atoms with E-state index in [0.29, 0.717) is 5.89 Å². The van der Waals surface area contributed by atoms with Crippen molar-refractivity contribution in [3.63, 3.8) is 0 Å². The molecule has 0 aliphatic carbocycles. The number of aromatic nitrogens is 1. The van der Waals surface area contributed by atoms with Crippen molar-refractivity contribution >= 4 is 82.4 Å². The second-order valence-corrected chi connectivity index (χ2v) is 12.0. The molecule has 0 aliphatic rings. The predicted molar refractivity (Wildman–Crippen MR) is 194 cm³/mol. The van der Waals surface area contributed by atoms with E-state index in [4.69, 9.17) is 13.8 Å². The lowest BCUT2D eigenvalue weighted by Gasteiger charge is -2.26. The largest absolute Gasteiger partial charge is 0.456 e. The zero-order valence-electron chi connectivity index (χ0n) is 25.2. The zero-order valence-corrected chi connectivity index (χ0v) is 25.2. The molecule has 0 saturated heterocycles. The van der Waals surface area contributed by atoms with Gasteiger partial charge in [-0.15, -0.1) is 0 Å². The fourth-order valence-corrected chi connectivity index (χ4v) is 7.10. The van der Waals surface area contributed by atoms with E-state index in [9.17, 15) is 0 Å². The van der Waals surface area contributed by atoms with Crippen molar-refractivity contribution in [1.29, 1.82) is 0 Å². The van der Waals surface area contributed by atoms with Gasteiger partial charge in [-0.1, -0.05) is 97.1 Å². The van der Waals surface area contributed by atoms with Gasteiger partial charge in [0.1, 0.15) is 16.7 Å². The topological polar surface area (TPSA) is 42.4 Å². The molecule has 2 heterocycles. The maximum atomic E-state index is 6.58. The van der Waals surface area contributed by atoms with Crippen LogP contribution >= 0.6 is 0 Å². The van der Waals surface area contributed by atoms with Gasteiger partial charge in [-0.3, -0.25) is 0 Å². The molecule has 0 radical (unpaired) electrons. The summed E-state index contributed by atoms with van der Waals surface area (Å²) in [4.78, 5) is 7.48. The molecular weight excluding hydrogens is 576 g/mol. The second-order valence-electron chi connectivity index (χ2n) is 12.0. The van der Waals surface area contributed by atoms with E-state index in [1.54, 1.807) is 0 Å². The standard InChI is InChI=1S/C43H26N2O2/c1-3-11-28(12-4-1)43-44-41-40-34(32-15-7-8-17-35(32)42(41)47-43)23-20-27-19-21-30(25-36(27)40)45(29-13-5-2-6-14-29)31-22-24-39-37(26-31)33-16-9-10-18-38(33)46-39/h1-26H. The van der Waals surface area contributed by atoms with Crippen LogP contribution in [0.3, 0.4) is 0 Å². The summed E-state index contributed by atoms with van der Waals surface area (Å²) in [6.07, 6.45) is 0. The number of furan rings is 1. The fraction of sp³-hybridized carbons (Fsp3) is 0. The van der Waals surface area contributed by atoms with Crippen molar-refractivity contribution in [1.82, 2.24) is 4.98 Å². The number of oxazole rings is 1. The summed E-state index contributed by atoms with van der Waals surface area (Å²) < 4.78 is 12.8. The molecule has 0 spiro atoms. The number of fused-ring (bicyclic) bond motifs is 11. The summed E-state index contributed by atoms with van der Waals surface area (Å²) in [5, 5.41) is 8.93. The Kier molecular flexibility index (Phi) is 5.54. The van der Waals surface area contributed by atoms with Crippen LogP contribution in [0, 0.1) is 0 Å². The molecule has 10 rings (SSSR count). The van der Waals surface area contributed by atoms with Crippen LogP contribution in [0.15, 0.2) is 167 Å². The number of rotatable bonds is 4. The lowest BCUT2D eigenvalue weighted by atomic mass is 9.95. The Morgan fingerprint density at radius 3 is 1.89 bits per heavy atom. The number of hydrogen-bond acceptors (Lipinski definition) is 4. The molecule has 0 atom stereocenters. The molecule has 0 unspecified atom stereocenters. The van der Waals surface area contributed by atoms with Crippen LogP contribution < -0.4 is 4.90 Å². The average Bonchev–Trinajstić information content (AvgIpc) is 3.75. The summed E-state index contributed by atoms with van der Waals surface area (Å²) >= 11 is 0. The van der Waals surface area contributed by atoms with Gasteiger partial charge in [0.15, 0.2) is 5.58 Å². The molecular formula is C43H26N2O2. The third-order valence-corrected chi connectivity index (χ3v) is 9.24. The maximum Gasteiger partial charge on any atom is 0.227 e. The highest BCUT2D eigenvalue weighted by molar-refractivity contribution is 6.29. The van der Waals surface area contributed by atoms with Crippen LogP contribution in [0.25, 0.3) is 76.8 Å². The van der Waals surface area contributed by atoms with Gasteiger partial charge in [-0.25, -0.2) is 4.98 Å². The smallest absolute Gasteiger partial charge is 0.227 e. The van der Waals surface area contributed by atoms with E-state index < -0.39 is 0 Å². The van der Waals surface area contributed by atoms with Crippen molar-refractivity contribution in [2.45, 2.75) is 0 Å². The molecule has 0 fully saturated rings. The van der Waals surface area contributed by atoms with E-state index in [-0.39, 0.29) is 0 Å². The molecule has 10 aromatic rings. The van der Waals surface area contributed by atoms with Gasteiger partial charge in [-0.2, -0.15) is 0 Å². The molecule has 0 N–H and O–H groups in total. The number of anilines is 3. The van der Waals surface area contributed by atoms with Gasteiger partial charge in [0.05, 0.1) is 0 Å². The van der Waals surface area contributed by atoms with Gasteiger partial charge < -0.3 is 13.7 Å². The number of hydrogen-bond donors (Lipinski definition) is 0. The summed E-state index contributed by atoms with van der Waals surface area (Å²) in [7, 11) is 0. The quantitative estimate of drug-likeness (QED) is 0.188. The first-order valence-corrected chi connectivity index (χ1v) is 15.8. The Morgan fingerprint density at radius 2 is 1.06 bits per heavy atom. The highest BCUT2D eigenvalue weighted by Crippen LogP contribution is 2.44. The Morgan fingerprint density at radius 1 is 0.426 bits per heavy atom. The molecule has 4 nitrogen and oxygen atoms in total. The highest BCUT2D eigenvalue weighted by atomic mass is 16.3. The normalized spacial score (nSPS) is 11.8. The van der Waals surface area contributed by atoms with Gasteiger partial charge in [0.2, 0.25) is 5.89 Å². The minimum Gasteiger partial charge on any atom is -0.456 e. The van der Waals surface area contributed by atoms with Crippen LogP contribution in [0.4, 0.5) is 17.1 Å². The summed E-state index contributed by atoms with van der Waals surface area (Å²) in [5.74, 6) is 0.623. The third-order valence-electron chi connectivity index (χ3n) is 9.24. The van der Waals surface area contributed by atoms with Crippen LogP contribution in [0.5, 0.6) is 0 Å². The molecule has 8 aromatic carbocycles. The lowest BCUT2D eigenvalue weighted by Crippen LogP contribution is -2.09. The SMILES string of the molecule is c1ccc(-c2nc3c(o2)c2ccccc2c2ccc4ccc(N(c5ccccc5)c5ccc6oc7ccccc7c6c5)cc4c23)cc1. The first-order valence-electron chi connectivity index (χ1n) is 15.8. The van der Waals surface area contributed by atoms with Crippen LogP contribution in [0.2, 0.25) is 0 Å². The van der Waals surface area contributed by atoms with Crippen LogP contribution in [-0.2, 0) is 0 Å². The van der Waals surface area contributed by atoms with Gasteiger partial charge in [-0.05, 0) is 82.2 Å². The van der Waals surface area contributed by atoms with Gasteiger partial charge in [0.25, 0.3) is 0 Å². The molecule has 0 bridgehead atoms. The number of nitrogens with zero attached hydrogens (tertiary/aromatic N) is 2. The number of benzene rings is 8. The van der Waals surface area contributed by atoms with E-state index in [0.717, 1.165) is 88.0 Å². The molecule has 0 saturated carbocycles. The monoisotopic (exact) mass is 602 g/mol. The van der Waals surface area contributed by atoms with Gasteiger partial charge >= 0.3 is 0 Å². The Labute approximate surface area is 269 Å². The molecule has 2 aromatic heterocycles. The summed E-state index contributed by atoms with van der Waals surface area (Å²) in [6, 6.07) is 55.0. The van der Waals surface area contributed by atoms with E-state index in [1.807, 2.05) is 42.5 Å². The predicted octanol–water partition coefficient (Wildman–Crippen LogP) is 12.3. The minimum absolute atomic E-state index is 0.623. The van der Waals surface area contributed by atoms with Crippen molar-refractivity contribution in [2.24, 2.45) is 0 Å². The second kappa shape index (κ2) is 10.1. The molecule has 0 amide bonds. The first kappa shape index (κ1) is 25.9. The van der Waals surface area contributed by atoms with Crippen molar-refractivity contribution in [3.8, 4) is 11.5 Å². The molecule has 0 aliphatic heterocycles. The number of para-hydroxylation sites is 2. The molecule has 47 heavy (non-hydrogen) atoms. The van der Waals surface area contributed by atoms with Crippen molar-refractivity contribution in [2.75, 3.05) is 4.90 Å². The summed E-state index contributed by atoms with van der Waals surface area (Å²) in [6.45, 7) is 0. The van der Waals surface area contributed by atoms with E-state index >= 15 is 0 Å². The maximum absolute atomic E-state index is 6.58. The molecule has 4 heteroatoms. The van der Waals surface area contributed by atoms with Crippen LogP contribution in [-0.4, -0.2) is 4.98 Å². The molecule has 220 valence electrons. The zero-order chi connectivity index (χ0) is 30.9. The summed E-state index contributed by atoms with van der Waals surface area (Å²) in [5.41, 5.74) is 7.58. The fourth-order valence-electron chi connectivity index (χ4n) is 7.10. The van der Waals surface area contributed by atoms with Crippen molar-refractivity contribution in [3.05, 3.63) is 158 Å².